The van der Waals surface area contributed by atoms with Gasteiger partial charge in [0.15, 0.2) is 0 Å². The van der Waals surface area contributed by atoms with E-state index in [1.54, 1.807) is 13.2 Å². The molecule has 3 nitrogen and oxygen atoms in total. The Kier molecular flexibility index (Phi) is 3.74. The van der Waals surface area contributed by atoms with E-state index in [1.165, 1.54) is 11.1 Å². The average Bonchev–Trinajstić information content (AvgIpc) is 2.53. The van der Waals surface area contributed by atoms with Gasteiger partial charge in [0.1, 0.15) is 11.5 Å². The van der Waals surface area contributed by atoms with Crippen molar-refractivity contribution in [3.8, 4) is 11.5 Å². The third kappa shape index (κ3) is 2.56. The number of fused-ring (bicyclic) bond motifs is 1. The molecular weight excluding hydrogens is 262 g/mol. The Morgan fingerprint density at radius 2 is 2.00 bits per heavy atom. The van der Waals surface area contributed by atoms with E-state index in [2.05, 4.69) is 24.1 Å². The zero-order valence-corrected chi connectivity index (χ0v) is 12.5. The van der Waals surface area contributed by atoms with E-state index in [0.717, 1.165) is 30.7 Å². The van der Waals surface area contributed by atoms with Crippen molar-refractivity contribution < 1.29 is 9.84 Å². The van der Waals surface area contributed by atoms with Gasteiger partial charge < -0.3 is 14.7 Å². The predicted octanol–water partition coefficient (Wildman–Crippen LogP) is 3.91. The quantitative estimate of drug-likeness (QED) is 0.927. The third-order valence-electron chi connectivity index (χ3n) is 4.34. The summed E-state index contributed by atoms with van der Waals surface area (Å²) in [6.45, 7) is 0. The number of phenols is 1. The molecule has 2 aromatic carbocycles. The Morgan fingerprint density at radius 1 is 1.19 bits per heavy atom. The summed E-state index contributed by atoms with van der Waals surface area (Å²) in [6, 6.07) is 14.2. The second-order valence-electron chi connectivity index (χ2n) is 5.57. The lowest BCUT2D eigenvalue weighted by molar-refractivity contribution is 0.412. The van der Waals surface area contributed by atoms with E-state index in [0.29, 0.717) is 11.8 Å². The van der Waals surface area contributed by atoms with Crippen molar-refractivity contribution in [2.24, 2.45) is 0 Å². The van der Waals surface area contributed by atoms with Gasteiger partial charge in [-0.25, -0.2) is 0 Å². The first-order valence-electron chi connectivity index (χ1n) is 7.38. The number of aromatic hydroxyl groups is 1. The summed E-state index contributed by atoms with van der Waals surface area (Å²) in [5.74, 6) is 1.25. The minimum atomic E-state index is 0.325. The van der Waals surface area contributed by atoms with E-state index < -0.39 is 0 Å². The molecule has 0 aliphatic heterocycles. The molecule has 0 radical (unpaired) electrons. The molecule has 0 amide bonds. The summed E-state index contributed by atoms with van der Waals surface area (Å²) in [4.78, 5) is 2.29. The Morgan fingerprint density at radius 3 is 2.81 bits per heavy atom. The molecule has 0 heterocycles. The predicted molar refractivity (Wildman–Crippen MR) is 85.2 cm³/mol. The number of para-hydroxylation sites is 2. The van der Waals surface area contributed by atoms with Crippen LogP contribution >= 0.6 is 0 Å². The maximum atomic E-state index is 9.68. The highest BCUT2D eigenvalue weighted by molar-refractivity contribution is 5.60. The second kappa shape index (κ2) is 5.68. The number of nitrogens with zero attached hydrogens (tertiary/aromatic N) is 1. The molecular formula is C18H21NO2. The van der Waals surface area contributed by atoms with Gasteiger partial charge in [-0.2, -0.15) is 0 Å². The molecule has 3 rings (SSSR count). The number of hydrogen-bond donors (Lipinski definition) is 1. The van der Waals surface area contributed by atoms with Crippen LogP contribution in [0.1, 0.15) is 30.0 Å². The Bertz CT molecular complexity index is 639. The molecule has 0 spiro atoms. The van der Waals surface area contributed by atoms with Gasteiger partial charge in [0, 0.05) is 7.05 Å². The molecule has 2 aromatic rings. The maximum absolute atomic E-state index is 9.68. The molecule has 1 aliphatic carbocycles. The lowest BCUT2D eigenvalue weighted by Crippen LogP contribution is -2.27. The molecule has 110 valence electrons. The molecule has 0 saturated heterocycles. The summed E-state index contributed by atoms with van der Waals surface area (Å²) < 4.78 is 5.48. The number of rotatable bonds is 3. The summed E-state index contributed by atoms with van der Waals surface area (Å²) >= 11 is 0. The van der Waals surface area contributed by atoms with Gasteiger partial charge in [-0.3, -0.25) is 0 Å². The SMILES string of the molecule is COc1ccccc1N(C)C1CCCc2cc(O)ccc21. The Balaban J connectivity index is 1.98. The molecule has 1 atom stereocenters. The average molecular weight is 283 g/mol. The van der Waals surface area contributed by atoms with Crippen molar-refractivity contribution in [1.29, 1.82) is 0 Å². The Hall–Kier alpha value is -2.16. The van der Waals surface area contributed by atoms with Crippen molar-refractivity contribution >= 4 is 5.69 Å². The first kappa shape index (κ1) is 13.8. The number of hydrogen-bond acceptors (Lipinski definition) is 3. The number of anilines is 1. The lowest BCUT2D eigenvalue weighted by Gasteiger charge is -2.35. The molecule has 0 bridgehead atoms. The van der Waals surface area contributed by atoms with Gasteiger partial charge in [0.25, 0.3) is 0 Å². The minimum Gasteiger partial charge on any atom is -0.508 e. The first-order valence-corrected chi connectivity index (χ1v) is 7.38. The number of phenolic OH excluding ortho intramolecular Hbond substituents is 1. The van der Waals surface area contributed by atoms with E-state index in [4.69, 9.17) is 4.74 Å². The van der Waals surface area contributed by atoms with Gasteiger partial charge >= 0.3 is 0 Å². The molecule has 1 unspecified atom stereocenters. The first-order chi connectivity index (χ1) is 10.2. The summed E-state index contributed by atoms with van der Waals surface area (Å²) in [6.07, 6.45) is 3.30. The van der Waals surface area contributed by atoms with Crippen LogP contribution in [-0.2, 0) is 6.42 Å². The third-order valence-corrected chi connectivity index (χ3v) is 4.34. The zero-order valence-electron chi connectivity index (χ0n) is 12.5. The van der Waals surface area contributed by atoms with Crippen LogP contribution in [0.4, 0.5) is 5.69 Å². The number of ether oxygens (including phenoxy) is 1. The fourth-order valence-electron chi connectivity index (χ4n) is 3.27. The summed E-state index contributed by atoms with van der Waals surface area (Å²) in [7, 11) is 3.82. The van der Waals surface area contributed by atoms with Crippen LogP contribution in [0.25, 0.3) is 0 Å². The van der Waals surface area contributed by atoms with Crippen molar-refractivity contribution in [1.82, 2.24) is 0 Å². The monoisotopic (exact) mass is 283 g/mol. The topological polar surface area (TPSA) is 32.7 Å². The van der Waals surface area contributed by atoms with Gasteiger partial charge in [0.2, 0.25) is 0 Å². The number of benzene rings is 2. The van der Waals surface area contributed by atoms with Crippen LogP contribution in [0.5, 0.6) is 11.5 Å². The highest BCUT2D eigenvalue weighted by Crippen LogP contribution is 2.39. The van der Waals surface area contributed by atoms with Crippen LogP contribution in [0.2, 0.25) is 0 Å². The minimum absolute atomic E-state index is 0.325. The van der Waals surface area contributed by atoms with Crippen LogP contribution in [0.15, 0.2) is 42.5 Å². The van der Waals surface area contributed by atoms with Crippen molar-refractivity contribution in [3.63, 3.8) is 0 Å². The smallest absolute Gasteiger partial charge is 0.142 e. The lowest BCUT2D eigenvalue weighted by atomic mass is 9.86. The second-order valence-corrected chi connectivity index (χ2v) is 5.57. The summed E-state index contributed by atoms with van der Waals surface area (Å²) in [5, 5.41) is 9.68. The number of methoxy groups -OCH3 is 1. The van der Waals surface area contributed by atoms with E-state index in [-0.39, 0.29) is 0 Å². The summed E-state index contributed by atoms with van der Waals surface area (Å²) in [5.41, 5.74) is 3.67. The van der Waals surface area contributed by atoms with Crippen LogP contribution < -0.4 is 9.64 Å². The van der Waals surface area contributed by atoms with Gasteiger partial charge in [-0.15, -0.1) is 0 Å². The van der Waals surface area contributed by atoms with Crippen LogP contribution in [0, 0.1) is 0 Å². The van der Waals surface area contributed by atoms with Gasteiger partial charge in [-0.05, 0) is 54.7 Å². The van der Waals surface area contributed by atoms with Crippen LogP contribution in [-0.4, -0.2) is 19.3 Å². The highest BCUT2D eigenvalue weighted by atomic mass is 16.5. The van der Waals surface area contributed by atoms with Crippen molar-refractivity contribution in [2.45, 2.75) is 25.3 Å². The van der Waals surface area contributed by atoms with E-state index in [1.807, 2.05) is 24.3 Å². The van der Waals surface area contributed by atoms with Crippen LogP contribution in [0.3, 0.4) is 0 Å². The molecule has 0 fully saturated rings. The van der Waals surface area contributed by atoms with Crippen molar-refractivity contribution in [3.05, 3.63) is 53.6 Å². The number of aryl methyl sites for hydroxylation is 1. The molecule has 3 heteroatoms. The molecule has 21 heavy (non-hydrogen) atoms. The largest absolute Gasteiger partial charge is 0.508 e. The van der Waals surface area contributed by atoms with Crippen molar-refractivity contribution in [2.75, 3.05) is 19.1 Å². The van der Waals surface area contributed by atoms with E-state index in [9.17, 15) is 5.11 Å². The fourth-order valence-corrected chi connectivity index (χ4v) is 3.27. The zero-order chi connectivity index (χ0) is 14.8. The normalized spacial score (nSPS) is 17.1. The standard InChI is InChI=1S/C18H21NO2/c1-19(17-7-3-4-9-18(17)21-2)16-8-5-6-13-12-14(20)10-11-15(13)16/h3-4,7,9-12,16,20H,5-6,8H2,1-2H3. The Labute approximate surface area is 125 Å². The highest BCUT2D eigenvalue weighted by Gasteiger charge is 2.25. The molecule has 0 aromatic heterocycles. The van der Waals surface area contributed by atoms with E-state index >= 15 is 0 Å². The molecule has 0 saturated carbocycles. The molecule has 1 aliphatic rings. The van der Waals surface area contributed by atoms with Gasteiger partial charge in [-0.1, -0.05) is 18.2 Å². The molecule has 1 N–H and O–H groups in total. The maximum Gasteiger partial charge on any atom is 0.142 e. The fraction of sp³-hybridized carbons (Fsp3) is 0.333. The van der Waals surface area contributed by atoms with Gasteiger partial charge in [0.05, 0.1) is 18.8 Å².